The lowest BCUT2D eigenvalue weighted by molar-refractivity contribution is 0.548. The summed E-state index contributed by atoms with van der Waals surface area (Å²) in [6.45, 7) is 9.58. The van der Waals surface area contributed by atoms with E-state index in [1.807, 2.05) is 11.8 Å². The van der Waals surface area contributed by atoms with Gasteiger partial charge < -0.3 is 5.32 Å². The van der Waals surface area contributed by atoms with Crippen molar-refractivity contribution in [1.29, 1.82) is 0 Å². The smallest absolute Gasteiger partial charge is 0.170 e. The largest absolute Gasteiger partial charge is 0.309 e. The van der Waals surface area contributed by atoms with Crippen molar-refractivity contribution in [2.45, 2.75) is 49.7 Å². The van der Waals surface area contributed by atoms with Crippen molar-refractivity contribution in [3.63, 3.8) is 0 Å². The first kappa shape index (κ1) is 16.5. The lowest BCUT2D eigenvalue weighted by atomic mass is 10.0. The molecule has 1 aromatic carbocycles. The SMILES string of the molecule is CCNC(c1ccc(C)cc1)C(C)Sc1nc(CC)ns1. The molecule has 0 radical (unpaired) electrons. The van der Waals surface area contributed by atoms with Crippen LogP contribution in [-0.2, 0) is 6.42 Å². The molecule has 2 unspecified atom stereocenters. The number of nitrogens with zero attached hydrogens (tertiary/aromatic N) is 2. The van der Waals surface area contributed by atoms with Gasteiger partial charge in [0.25, 0.3) is 0 Å². The van der Waals surface area contributed by atoms with E-state index in [1.54, 1.807) is 0 Å². The molecule has 0 aliphatic heterocycles. The average molecular weight is 322 g/mol. The standard InChI is InChI=1S/C16H23N3S2/c1-5-14-18-16(21-19-14)20-12(4)15(17-6-2)13-9-7-11(3)8-10-13/h7-10,12,15,17H,5-6H2,1-4H3. The fourth-order valence-corrected chi connectivity index (χ4v) is 4.31. The Morgan fingerprint density at radius 2 is 1.95 bits per heavy atom. The minimum absolute atomic E-state index is 0.328. The molecular formula is C16H23N3S2. The van der Waals surface area contributed by atoms with Gasteiger partial charge in [0, 0.05) is 17.7 Å². The van der Waals surface area contributed by atoms with Gasteiger partial charge in [-0.3, -0.25) is 0 Å². The van der Waals surface area contributed by atoms with Crippen LogP contribution in [0.2, 0.25) is 0 Å². The van der Waals surface area contributed by atoms with E-state index < -0.39 is 0 Å². The van der Waals surface area contributed by atoms with Gasteiger partial charge in [0.05, 0.1) is 0 Å². The van der Waals surface area contributed by atoms with Crippen molar-refractivity contribution in [2.75, 3.05) is 6.54 Å². The molecule has 2 rings (SSSR count). The number of thioether (sulfide) groups is 1. The molecule has 1 heterocycles. The zero-order valence-electron chi connectivity index (χ0n) is 13.1. The van der Waals surface area contributed by atoms with Gasteiger partial charge in [0.15, 0.2) is 4.34 Å². The number of rotatable bonds is 7. The summed E-state index contributed by atoms with van der Waals surface area (Å²) in [5.74, 6) is 0.949. The van der Waals surface area contributed by atoms with E-state index in [4.69, 9.17) is 0 Å². The van der Waals surface area contributed by atoms with Crippen molar-refractivity contribution in [3.8, 4) is 0 Å². The summed E-state index contributed by atoms with van der Waals surface area (Å²) in [5.41, 5.74) is 2.63. The fraction of sp³-hybridized carbons (Fsp3) is 0.500. The molecule has 3 nitrogen and oxygen atoms in total. The molecule has 0 aliphatic rings. The average Bonchev–Trinajstić information content (AvgIpc) is 2.93. The van der Waals surface area contributed by atoms with Crippen LogP contribution < -0.4 is 5.32 Å². The molecule has 1 aromatic heterocycles. The number of aryl methyl sites for hydroxylation is 2. The summed E-state index contributed by atoms with van der Waals surface area (Å²) in [4.78, 5) is 4.56. The highest BCUT2D eigenvalue weighted by atomic mass is 32.2. The summed E-state index contributed by atoms with van der Waals surface area (Å²) >= 11 is 3.32. The number of hydrogen-bond donors (Lipinski definition) is 1. The van der Waals surface area contributed by atoms with Gasteiger partial charge in [0.2, 0.25) is 0 Å². The van der Waals surface area contributed by atoms with Crippen LogP contribution in [0.5, 0.6) is 0 Å². The Hall–Kier alpha value is -0.910. The molecule has 2 atom stereocenters. The maximum Gasteiger partial charge on any atom is 0.170 e. The van der Waals surface area contributed by atoms with Crippen LogP contribution in [0.25, 0.3) is 0 Å². The van der Waals surface area contributed by atoms with Crippen molar-refractivity contribution in [2.24, 2.45) is 0 Å². The first-order valence-corrected chi connectivity index (χ1v) is 9.08. The van der Waals surface area contributed by atoms with Crippen molar-refractivity contribution >= 4 is 23.3 Å². The van der Waals surface area contributed by atoms with Gasteiger partial charge in [-0.2, -0.15) is 4.37 Å². The second-order valence-electron chi connectivity index (χ2n) is 5.10. The van der Waals surface area contributed by atoms with Crippen LogP contribution in [0.15, 0.2) is 28.6 Å². The molecular weight excluding hydrogens is 298 g/mol. The van der Waals surface area contributed by atoms with Gasteiger partial charge in [-0.1, -0.05) is 62.4 Å². The van der Waals surface area contributed by atoms with Crippen molar-refractivity contribution < 1.29 is 0 Å². The highest BCUT2D eigenvalue weighted by Gasteiger charge is 2.21. The van der Waals surface area contributed by atoms with E-state index in [1.165, 1.54) is 22.7 Å². The monoisotopic (exact) mass is 321 g/mol. The summed E-state index contributed by atoms with van der Waals surface area (Å²) in [6, 6.07) is 9.12. The normalized spacial score (nSPS) is 14.1. The molecule has 1 N–H and O–H groups in total. The Morgan fingerprint density at radius 1 is 1.24 bits per heavy atom. The van der Waals surface area contributed by atoms with Crippen LogP contribution in [-0.4, -0.2) is 21.2 Å². The van der Waals surface area contributed by atoms with E-state index in [2.05, 4.69) is 66.6 Å². The highest BCUT2D eigenvalue weighted by molar-refractivity contribution is 8.01. The van der Waals surface area contributed by atoms with Gasteiger partial charge in [0.1, 0.15) is 5.82 Å². The van der Waals surface area contributed by atoms with E-state index in [0.29, 0.717) is 11.3 Å². The van der Waals surface area contributed by atoms with Gasteiger partial charge in [-0.15, -0.1) is 0 Å². The van der Waals surface area contributed by atoms with Crippen LogP contribution >= 0.6 is 23.3 Å². The molecule has 0 saturated heterocycles. The third-order valence-electron chi connectivity index (χ3n) is 3.38. The molecule has 2 aromatic rings. The summed E-state index contributed by atoms with van der Waals surface area (Å²) in [7, 11) is 0. The Kier molecular flexibility index (Phi) is 6.21. The third-order valence-corrected chi connectivity index (χ3v) is 5.38. The zero-order valence-corrected chi connectivity index (χ0v) is 14.7. The van der Waals surface area contributed by atoms with Gasteiger partial charge in [-0.25, -0.2) is 4.98 Å². The molecule has 0 saturated carbocycles. The predicted octanol–water partition coefficient (Wildman–Crippen LogP) is 4.24. The van der Waals surface area contributed by atoms with Crippen LogP contribution in [0.1, 0.15) is 43.8 Å². The van der Waals surface area contributed by atoms with Crippen molar-refractivity contribution in [1.82, 2.24) is 14.7 Å². The quantitative estimate of drug-likeness (QED) is 0.774. The minimum Gasteiger partial charge on any atom is -0.309 e. The summed E-state index contributed by atoms with van der Waals surface area (Å²) < 4.78 is 5.43. The van der Waals surface area contributed by atoms with Gasteiger partial charge in [-0.05, 0) is 30.6 Å². The molecule has 114 valence electrons. The molecule has 0 aliphatic carbocycles. The predicted molar refractivity (Wildman–Crippen MR) is 92.2 cm³/mol. The first-order valence-electron chi connectivity index (χ1n) is 7.43. The van der Waals surface area contributed by atoms with Gasteiger partial charge >= 0.3 is 0 Å². The Labute approximate surface area is 135 Å². The maximum atomic E-state index is 4.56. The molecule has 0 bridgehead atoms. The third kappa shape index (κ3) is 4.53. The van der Waals surface area contributed by atoms with E-state index in [-0.39, 0.29) is 0 Å². The molecule has 0 spiro atoms. The molecule has 21 heavy (non-hydrogen) atoms. The van der Waals surface area contributed by atoms with Crippen LogP contribution in [0.3, 0.4) is 0 Å². The highest BCUT2D eigenvalue weighted by Crippen LogP contribution is 2.33. The lowest BCUT2D eigenvalue weighted by Gasteiger charge is -2.24. The zero-order chi connectivity index (χ0) is 15.2. The molecule has 0 amide bonds. The Balaban J connectivity index is 2.11. The van der Waals surface area contributed by atoms with Crippen LogP contribution in [0.4, 0.5) is 0 Å². The summed E-state index contributed by atoms with van der Waals surface area (Å²) in [5, 5.41) is 4.00. The topological polar surface area (TPSA) is 37.8 Å². The number of aromatic nitrogens is 2. The Morgan fingerprint density at radius 3 is 2.52 bits per heavy atom. The summed E-state index contributed by atoms with van der Waals surface area (Å²) in [6.07, 6.45) is 0.903. The molecule has 0 fully saturated rings. The van der Waals surface area contributed by atoms with Crippen LogP contribution in [0, 0.1) is 6.92 Å². The van der Waals surface area contributed by atoms with Crippen molar-refractivity contribution in [3.05, 3.63) is 41.2 Å². The van der Waals surface area contributed by atoms with E-state index in [9.17, 15) is 0 Å². The number of benzene rings is 1. The lowest BCUT2D eigenvalue weighted by Crippen LogP contribution is -2.28. The second-order valence-corrected chi connectivity index (χ2v) is 7.48. The molecule has 5 heteroatoms. The first-order chi connectivity index (χ1) is 10.1. The fourth-order valence-electron chi connectivity index (χ4n) is 2.21. The Bertz CT molecular complexity index is 551. The number of nitrogens with one attached hydrogen (secondary N) is 1. The second kappa shape index (κ2) is 7.92. The maximum absolute atomic E-state index is 4.56. The number of hydrogen-bond acceptors (Lipinski definition) is 5. The van der Waals surface area contributed by atoms with E-state index in [0.717, 1.165) is 23.1 Å². The van der Waals surface area contributed by atoms with E-state index >= 15 is 0 Å². The minimum atomic E-state index is 0.328.